The number of piperidine rings is 1. The topological polar surface area (TPSA) is 29.3 Å². The van der Waals surface area contributed by atoms with E-state index in [2.05, 4.69) is 11.8 Å². The number of anilines is 2. The smallest absolute Gasteiger partial charge is 0.125 e. The summed E-state index contributed by atoms with van der Waals surface area (Å²) in [6.45, 7) is 4.19. The SMILES string of the molecule is CC1CCCN(c2cc(F)ccc2N)C1. The number of halogens is 1. The van der Waals surface area contributed by atoms with E-state index in [9.17, 15) is 4.39 Å². The summed E-state index contributed by atoms with van der Waals surface area (Å²) >= 11 is 0. The molecule has 1 saturated heterocycles. The van der Waals surface area contributed by atoms with Crippen LogP contribution < -0.4 is 10.6 Å². The molecule has 1 aliphatic rings. The second kappa shape index (κ2) is 4.09. The summed E-state index contributed by atoms with van der Waals surface area (Å²) < 4.78 is 13.1. The number of hydrogen-bond donors (Lipinski definition) is 1. The van der Waals surface area contributed by atoms with E-state index in [0.717, 1.165) is 25.2 Å². The largest absolute Gasteiger partial charge is 0.397 e. The third-order valence-electron chi connectivity index (χ3n) is 2.99. The average molecular weight is 208 g/mol. The van der Waals surface area contributed by atoms with Crippen LogP contribution in [0, 0.1) is 11.7 Å². The summed E-state index contributed by atoms with van der Waals surface area (Å²) in [6.07, 6.45) is 2.42. The van der Waals surface area contributed by atoms with Crippen LogP contribution in [0.4, 0.5) is 15.8 Å². The van der Waals surface area contributed by atoms with Gasteiger partial charge in [-0.3, -0.25) is 0 Å². The van der Waals surface area contributed by atoms with Gasteiger partial charge < -0.3 is 10.6 Å². The molecule has 2 rings (SSSR count). The van der Waals surface area contributed by atoms with Gasteiger partial charge in [0.05, 0.1) is 11.4 Å². The molecule has 82 valence electrons. The Hall–Kier alpha value is -1.25. The van der Waals surface area contributed by atoms with Gasteiger partial charge in [0.25, 0.3) is 0 Å². The molecule has 1 fully saturated rings. The molecule has 0 saturated carbocycles. The van der Waals surface area contributed by atoms with Crippen molar-refractivity contribution in [3.63, 3.8) is 0 Å². The van der Waals surface area contributed by atoms with Gasteiger partial charge in [0.1, 0.15) is 5.82 Å². The average Bonchev–Trinajstić information content (AvgIpc) is 2.22. The first-order valence-electron chi connectivity index (χ1n) is 5.47. The molecule has 1 aliphatic heterocycles. The van der Waals surface area contributed by atoms with Crippen molar-refractivity contribution < 1.29 is 4.39 Å². The fraction of sp³-hybridized carbons (Fsp3) is 0.500. The van der Waals surface area contributed by atoms with Crippen LogP contribution in [0.1, 0.15) is 19.8 Å². The molecule has 2 nitrogen and oxygen atoms in total. The van der Waals surface area contributed by atoms with Gasteiger partial charge in [-0.15, -0.1) is 0 Å². The van der Waals surface area contributed by atoms with E-state index in [4.69, 9.17) is 5.73 Å². The van der Waals surface area contributed by atoms with Crippen molar-refractivity contribution in [2.24, 2.45) is 5.92 Å². The van der Waals surface area contributed by atoms with Gasteiger partial charge in [0.2, 0.25) is 0 Å². The maximum Gasteiger partial charge on any atom is 0.125 e. The zero-order valence-corrected chi connectivity index (χ0v) is 9.04. The molecular weight excluding hydrogens is 191 g/mol. The molecule has 3 heteroatoms. The number of nitrogens with zero attached hydrogens (tertiary/aromatic N) is 1. The minimum absolute atomic E-state index is 0.211. The highest BCUT2D eigenvalue weighted by molar-refractivity contribution is 5.67. The Morgan fingerprint density at radius 1 is 1.47 bits per heavy atom. The molecule has 1 aromatic carbocycles. The van der Waals surface area contributed by atoms with Crippen molar-refractivity contribution >= 4 is 11.4 Å². The van der Waals surface area contributed by atoms with Crippen molar-refractivity contribution in [2.75, 3.05) is 23.7 Å². The summed E-state index contributed by atoms with van der Waals surface area (Å²) in [5.41, 5.74) is 7.38. The highest BCUT2D eigenvalue weighted by Gasteiger charge is 2.18. The van der Waals surface area contributed by atoms with Crippen LogP contribution >= 0.6 is 0 Å². The lowest BCUT2D eigenvalue weighted by Gasteiger charge is -2.33. The number of nitrogen functional groups attached to an aromatic ring is 1. The van der Waals surface area contributed by atoms with Crippen molar-refractivity contribution in [3.05, 3.63) is 24.0 Å². The molecule has 0 aliphatic carbocycles. The molecule has 0 amide bonds. The van der Waals surface area contributed by atoms with Crippen molar-refractivity contribution in [1.82, 2.24) is 0 Å². The van der Waals surface area contributed by atoms with Crippen molar-refractivity contribution in [2.45, 2.75) is 19.8 Å². The number of benzene rings is 1. The van der Waals surface area contributed by atoms with E-state index in [1.165, 1.54) is 18.6 Å². The third-order valence-corrected chi connectivity index (χ3v) is 2.99. The van der Waals surface area contributed by atoms with Gasteiger partial charge in [0.15, 0.2) is 0 Å². The van der Waals surface area contributed by atoms with Gasteiger partial charge in [-0.2, -0.15) is 0 Å². The van der Waals surface area contributed by atoms with E-state index in [1.54, 1.807) is 6.07 Å². The molecule has 1 aromatic rings. The Kier molecular flexibility index (Phi) is 2.80. The Labute approximate surface area is 89.9 Å². The van der Waals surface area contributed by atoms with Gasteiger partial charge in [0, 0.05) is 13.1 Å². The maximum atomic E-state index is 13.1. The molecular formula is C12H17FN2. The van der Waals surface area contributed by atoms with Crippen LogP contribution in [-0.4, -0.2) is 13.1 Å². The minimum Gasteiger partial charge on any atom is -0.397 e. The zero-order chi connectivity index (χ0) is 10.8. The van der Waals surface area contributed by atoms with E-state index in [1.807, 2.05) is 0 Å². The molecule has 0 aromatic heterocycles. The summed E-state index contributed by atoms with van der Waals surface area (Å²) in [6, 6.07) is 4.59. The quantitative estimate of drug-likeness (QED) is 0.719. The maximum absolute atomic E-state index is 13.1. The van der Waals surface area contributed by atoms with E-state index >= 15 is 0 Å². The van der Waals surface area contributed by atoms with Gasteiger partial charge in [-0.05, 0) is 37.0 Å². The van der Waals surface area contributed by atoms with Crippen LogP contribution in [0.3, 0.4) is 0 Å². The molecule has 0 radical (unpaired) electrons. The summed E-state index contributed by atoms with van der Waals surface area (Å²) in [4.78, 5) is 2.19. The highest BCUT2D eigenvalue weighted by Crippen LogP contribution is 2.28. The molecule has 0 spiro atoms. The summed E-state index contributed by atoms with van der Waals surface area (Å²) in [7, 11) is 0. The molecule has 2 N–H and O–H groups in total. The Bertz CT molecular complexity index is 351. The van der Waals surface area contributed by atoms with Gasteiger partial charge in [-0.25, -0.2) is 4.39 Å². The monoisotopic (exact) mass is 208 g/mol. The van der Waals surface area contributed by atoms with Crippen LogP contribution in [-0.2, 0) is 0 Å². The first kappa shape index (κ1) is 10.3. The first-order chi connectivity index (χ1) is 7.16. The fourth-order valence-corrected chi connectivity index (χ4v) is 2.20. The lowest BCUT2D eigenvalue weighted by Crippen LogP contribution is -2.34. The lowest BCUT2D eigenvalue weighted by atomic mass is 9.99. The Morgan fingerprint density at radius 3 is 3.00 bits per heavy atom. The van der Waals surface area contributed by atoms with E-state index < -0.39 is 0 Å². The molecule has 0 bridgehead atoms. The second-order valence-corrected chi connectivity index (χ2v) is 4.40. The van der Waals surface area contributed by atoms with E-state index in [-0.39, 0.29) is 5.82 Å². The first-order valence-corrected chi connectivity index (χ1v) is 5.47. The lowest BCUT2D eigenvalue weighted by molar-refractivity contribution is 0.446. The number of nitrogens with two attached hydrogens (primary N) is 1. The van der Waals surface area contributed by atoms with Gasteiger partial charge >= 0.3 is 0 Å². The Morgan fingerprint density at radius 2 is 2.27 bits per heavy atom. The number of rotatable bonds is 1. The molecule has 15 heavy (non-hydrogen) atoms. The number of hydrogen-bond acceptors (Lipinski definition) is 2. The molecule has 1 unspecified atom stereocenters. The minimum atomic E-state index is -0.211. The standard InChI is InChI=1S/C12H17FN2/c1-9-3-2-6-15(8-9)12-7-10(13)4-5-11(12)14/h4-5,7,9H,2-3,6,8,14H2,1H3. The van der Waals surface area contributed by atoms with Crippen LogP contribution in [0.2, 0.25) is 0 Å². The highest BCUT2D eigenvalue weighted by atomic mass is 19.1. The van der Waals surface area contributed by atoms with Crippen LogP contribution in [0.15, 0.2) is 18.2 Å². The van der Waals surface area contributed by atoms with Crippen LogP contribution in [0.25, 0.3) is 0 Å². The van der Waals surface area contributed by atoms with E-state index in [0.29, 0.717) is 11.6 Å². The third kappa shape index (κ3) is 2.22. The summed E-state index contributed by atoms with van der Waals surface area (Å²) in [5, 5.41) is 0. The van der Waals surface area contributed by atoms with Crippen molar-refractivity contribution in [1.29, 1.82) is 0 Å². The Balaban J connectivity index is 2.24. The molecule has 1 atom stereocenters. The zero-order valence-electron chi connectivity index (χ0n) is 9.04. The molecule has 1 heterocycles. The van der Waals surface area contributed by atoms with Crippen LogP contribution in [0.5, 0.6) is 0 Å². The fourth-order valence-electron chi connectivity index (χ4n) is 2.20. The predicted octanol–water partition coefficient (Wildman–Crippen LogP) is 2.64. The van der Waals surface area contributed by atoms with Crippen molar-refractivity contribution in [3.8, 4) is 0 Å². The predicted molar refractivity (Wildman–Crippen MR) is 61.4 cm³/mol. The van der Waals surface area contributed by atoms with Gasteiger partial charge in [-0.1, -0.05) is 6.92 Å². The second-order valence-electron chi connectivity index (χ2n) is 4.40. The summed E-state index contributed by atoms with van der Waals surface area (Å²) in [5.74, 6) is 0.457. The normalized spacial score (nSPS) is 21.7.